The molecule has 2 N–H and O–H groups in total. The molecule has 0 aromatic rings. The lowest BCUT2D eigenvalue weighted by Gasteiger charge is -2.37. The Morgan fingerprint density at radius 2 is 1.96 bits per heavy atom. The van der Waals surface area contributed by atoms with E-state index in [9.17, 15) is 9.59 Å². The van der Waals surface area contributed by atoms with Crippen LogP contribution in [0.15, 0.2) is 0 Å². The second-order valence-corrected chi connectivity index (χ2v) is 7.43. The summed E-state index contributed by atoms with van der Waals surface area (Å²) >= 11 is 1.37. The van der Waals surface area contributed by atoms with Gasteiger partial charge in [-0.3, -0.25) is 9.59 Å². The standard InChI is InChI=1S/C16H29N3O4S/c1-22-13-16(2-4-17-5-3-16)12-18-14(20)10-24-11-15(21)19-6-8-23-9-7-19/h17H,2-13H2,1H3,(H,18,20). The van der Waals surface area contributed by atoms with E-state index in [4.69, 9.17) is 9.47 Å². The van der Waals surface area contributed by atoms with E-state index in [0.29, 0.717) is 51.0 Å². The maximum absolute atomic E-state index is 12.1. The molecule has 0 bridgehead atoms. The van der Waals surface area contributed by atoms with E-state index in [1.807, 2.05) is 0 Å². The average molecular weight is 359 g/mol. The van der Waals surface area contributed by atoms with Gasteiger partial charge in [-0.1, -0.05) is 0 Å². The summed E-state index contributed by atoms with van der Waals surface area (Å²) in [4.78, 5) is 25.9. The Bertz CT molecular complexity index is 405. The molecule has 24 heavy (non-hydrogen) atoms. The number of hydrogen-bond acceptors (Lipinski definition) is 6. The molecule has 0 saturated carbocycles. The van der Waals surface area contributed by atoms with Crippen molar-refractivity contribution < 1.29 is 19.1 Å². The number of ether oxygens (including phenoxy) is 2. The molecule has 2 aliphatic heterocycles. The predicted molar refractivity (Wildman–Crippen MR) is 94.1 cm³/mol. The smallest absolute Gasteiger partial charge is 0.232 e. The van der Waals surface area contributed by atoms with Gasteiger partial charge in [-0.2, -0.15) is 0 Å². The first kappa shape index (κ1) is 19.5. The minimum atomic E-state index is -0.0104. The Kier molecular flexibility index (Phi) is 8.31. The Hall–Kier alpha value is -0.830. The monoisotopic (exact) mass is 359 g/mol. The Morgan fingerprint density at radius 1 is 1.25 bits per heavy atom. The largest absolute Gasteiger partial charge is 0.384 e. The molecule has 0 atom stereocenters. The molecule has 2 fully saturated rings. The van der Waals surface area contributed by atoms with Crippen molar-refractivity contribution in [3.63, 3.8) is 0 Å². The SMILES string of the molecule is COCC1(CNC(=O)CSCC(=O)N2CCOCC2)CCNCC1. The number of amides is 2. The first-order valence-corrected chi connectivity index (χ1v) is 9.70. The van der Waals surface area contributed by atoms with Gasteiger partial charge in [-0.15, -0.1) is 11.8 Å². The van der Waals surface area contributed by atoms with Crippen molar-refractivity contribution in [1.29, 1.82) is 0 Å². The van der Waals surface area contributed by atoms with Gasteiger partial charge in [0.05, 0.1) is 31.3 Å². The van der Waals surface area contributed by atoms with Crippen molar-refractivity contribution in [1.82, 2.24) is 15.5 Å². The predicted octanol–water partition coefficient (Wildman–Crippen LogP) is -0.289. The van der Waals surface area contributed by atoms with Crippen LogP contribution in [0, 0.1) is 5.41 Å². The van der Waals surface area contributed by atoms with Crippen LogP contribution in [0.2, 0.25) is 0 Å². The van der Waals surface area contributed by atoms with E-state index < -0.39 is 0 Å². The Labute approximate surface area is 148 Å². The number of piperidine rings is 1. The Balaban J connectivity index is 1.64. The van der Waals surface area contributed by atoms with Gasteiger partial charge < -0.3 is 25.0 Å². The number of carbonyl (C=O) groups excluding carboxylic acids is 2. The van der Waals surface area contributed by atoms with Crippen molar-refractivity contribution in [2.24, 2.45) is 5.41 Å². The zero-order chi connectivity index (χ0) is 17.3. The lowest BCUT2D eigenvalue weighted by atomic mass is 9.79. The zero-order valence-electron chi connectivity index (χ0n) is 14.5. The maximum Gasteiger partial charge on any atom is 0.232 e. The zero-order valence-corrected chi connectivity index (χ0v) is 15.3. The molecule has 2 amide bonds. The van der Waals surface area contributed by atoms with Gasteiger partial charge in [-0.05, 0) is 25.9 Å². The summed E-state index contributed by atoms with van der Waals surface area (Å²) in [6, 6.07) is 0. The van der Waals surface area contributed by atoms with Gasteiger partial charge >= 0.3 is 0 Å². The van der Waals surface area contributed by atoms with Crippen LogP contribution in [0.1, 0.15) is 12.8 Å². The van der Waals surface area contributed by atoms with E-state index in [0.717, 1.165) is 25.9 Å². The van der Waals surface area contributed by atoms with Crippen molar-refractivity contribution in [3.8, 4) is 0 Å². The van der Waals surface area contributed by atoms with E-state index in [1.165, 1.54) is 11.8 Å². The number of thioether (sulfide) groups is 1. The van der Waals surface area contributed by atoms with Crippen LogP contribution < -0.4 is 10.6 Å². The van der Waals surface area contributed by atoms with Crippen LogP contribution in [0.3, 0.4) is 0 Å². The van der Waals surface area contributed by atoms with Crippen LogP contribution in [-0.4, -0.2) is 87.9 Å². The molecule has 8 heteroatoms. The van der Waals surface area contributed by atoms with Gasteiger partial charge in [0.15, 0.2) is 0 Å². The molecule has 0 aromatic heterocycles. The number of carbonyl (C=O) groups is 2. The molecule has 0 aliphatic carbocycles. The molecular weight excluding hydrogens is 330 g/mol. The fourth-order valence-corrected chi connectivity index (χ4v) is 3.85. The normalized spacial score (nSPS) is 20.6. The number of nitrogens with one attached hydrogen (secondary N) is 2. The summed E-state index contributed by atoms with van der Waals surface area (Å²) in [7, 11) is 1.71. The number of rotatable bonds is 8. The Morgan fingerprint density at radius 3 is 2.62 bits per heavy atom. The molecule has 138 valence electrons. The van der Waals surface area contributed by atoms with Crippen LogP contribution in [0.4, 0.5) is 0 Å². The number of nitrogens with zero attached hydrogens (tertiary/aromatic N) is 1. The molecule has 0 unspecified atom stereocenters. The first-order chi connectivity index (χ1) is 11.7. The fraction of sp³-hybridized carbons (Fsp3) is 0.875. The second kappa shape index (κ2) is 10.2. The highest BCUT2D eigenvalue weighted by atomic mass is 32.2. The third-order valence-corrected chi connectivity index (χ3v) is 5.52. The molecule has 0 spiro atoms. The summed E-state index contributed by atoms with van der Waals surface area (Å²) in [5.74, 6) is 0.742. The summed E-state index contributed by atoms with van der Waals surface area (Å²) in [5.41, 5.74) is 0.0317. The van der Waals surface area contributed by atoms with Crippen LogP contribution >= 0.6 is 11.8 Å². The number of hydrogen-bond donors (Lipinski definition) is 2. The molecule has 0 radical (unpaired) electrons. The lowest BCUT2D eigenvalue weighted by molar-refractivity contribution is -0.132. The number of methoxy groups -OCH3 is 1. The fourth-order valence-electron chi connectivity index (χ4n) is 3.11. The molecule has 0 aromatic carbocycles. The molecule has 2 aliphatic rings. The van der Waals surface area contributed by atoms with Gasteiger partial charge in [0.1, 0.15) is 0 Å². The molecule has 7 nitrogen and oxygen atoms in total. The highest BCUT2D eigenvalue weighted by Crippen LogP contribution is 2.28. The van der Waals surface area contributed by atoms with Gasteiger partial charge in [0, 0.05) is 32.2 Å². The topological polar surface area (TPSA) is 79.9 Å². The summed E-state index contributed by atoms with van der Waals surface area (Å²) in [5, 5.41) is 6.36. The van der Waals surface area contributed by atoms with Crippen molar-refractivity contribution in [3.05, 3.63) is 0 Å². The van der Waals surface area contributed by atoms with E-state index in [2.05, 4.69) is 10.6 Å². The summed E-state index contributed by atoms with van der Waals surface area (Å²) < 4.78 is 10.6. The van der Waals surface area contributed by atoms with Crippen LogP contribution in [0.5, 0.6) is 0 Å². The third-order valence-electron chi connectivity index (χ3n) is 4.60. The third kappa shape index (κ3) is 6.23. The minimum Gasteiger partial charge on any atom is -0.384 e. The molecule has 2 rings (SSSR count). The van der Waals surface area contributed by atoms with Crippen molar-refractivity contribution >= 4 is 23.6 Å². The van der Waals surface area contributed by atoms with Gasteiger partial charge in [-0.25, -0.2) is 0 Å². The molecule has 2 heterocycles. The minimum absolute atomic E-state index is 0.0104. The molecule has 2 saturated heterocycles. The quantitative estimate of drug-likeness (QED) is 0.620. The van der Waals surface area contributed by atoms with E-state index in [1.54, 1.807) is 12.0 Å². The van der Waals surface area contributed by atoms with Crippen molar-refractivity contribution in [2.75, 3.05) is 71.2 Å². The maximum atomic E-state index is 12.1. The second-order valence-electron chi connectivity index (χ2n) is 6.45. The van der Waals surface area contributed by atoms with Gasteiger partial charge in [0.25, 0.3) is 0 Å². The van der Waals surface area contributed by atoms with E-state index >= 15 is 0 Å². The first-order valence-electron chi connectivity index (χ1n) is 8.55. The number of morpholine rings is 1. The van der Waals surface area contributed by atoms with E-state index in [-0.39, 0.29) is 17.2 Å². The van der Waals surface area contributed by atoms with Crippen LogP contribution in [-0.2, 0) is 19.1 Å². The highest BCUT2D eigenvalue weighted by Gasteiger charge is 2.32. The summed E-state index contributed by atoms with van der Waals surface area (Å²) in [6.07, 6.45) is 2.01. The lowest BCUT2D eigenvalue weighted by Crippen LogP contribution is -2.47. The average Bonchev–Trinajstić information content (AvgIpc) is 2.62. The van der Waals surface area contributed by atoms with Gasteiger partial charge in [0.2, 0.25) is 11.8 Å². The molecular formula is C16H29N3O4S. The highest BCUT2D eigenvalue weighted by molar-refractivity contribution is 8.00. The van der Waals surface area contributed by atoms with Crippen molar-refractivity contribution in [2.45, 2.75) is 12.8 Å². The summed E-state index contributed by atoms with van der Waals surface area (Å²) in [6.45, 7) is 5.74. The van der Waals surface area contributed by atoms with Crippen LogP contribution in [0.25, 0.3) is 0 Å².